The molecule has 5 nitrogen and oxygen atoms in total. The summed E-state index contributed by atoms with van der Waals surface area (Å²) in [5.74, 6) is 1.08. The summed E-state index contributed by atoms with van der Waals surface area (Å²) in [6.45, 7) is 1.57. The van der Waals surface area contributed by atoms with Crippen LogP contribution in [0.2, 0.25) is 0 Å². The third-order valence-corrected chi connectivity index (χ3v) is 5.45. The first kappa shape index (κ1) is 19.3. The summed E-state index contributed by atoms with van der Waals surface area (Å²) < 4.78 is 26.4. The number of benzene rings is 2. The minimum Gasteiger partial charge on any atom is -0.493 e. The predicted octanol–water partition coefficient (Wildman–Crippen LogP) is 4.45. The van der Waals surface area contributed by atoms with Crippen LogP contribution in [0, 0.1) is 5.82 Å². The van der Waals surface area contributed by atoms with Crippen LogP contribution in [0.3, 0.4) is 0 Å². The minimum atomic E-state index is -0.277. The van der Waals surface area contributed by atoms with Gasteiger partial charge in [-0.1, -0.05) is 6.07 Å². The van der Waals surface area contributed by atoms with Gasteiger partial charge in [0.25, 0.3) is 0 Å². The number of halogens is 1. The molecule has 0 amide bonds. The average Bonchev–Trinajstić information content (AvgIpc) is 3.23. The van der Waals surface area contributed by atoms with Crippen LogP contribution < -0.4 is 14.8 Å². The van der Waals surface area contributed by atoms with Gasteiger partial charge in [-0.05, 0) is 66.3 Å². The Morgan fingerprint density at radius 2 is 1.79 bits per heavy atom. The molecule has 0 spiro atoms. The highest BCUT2D eigenvalue weighted by Gasteiger charge is 2.31. The molecule has 150 valence electrons. The molecule has 3 aromatic rings. The normalized spacial score (nSPS) is 15.6. The molecule has 1 aliphatic heterocycles. The summed E-state index contributed by atoms with van der Waals surface area (Å²) in [5.41, 5.74) is 2.95. The van der Waals surface area contributed by atoms with Gasteiger partial charge in [-0.15, -0.1) is 0 Å². The summed E-state index contributed by atoms with van der Waals surface area (Å²) in [6.07, 6.45) is 2.08. The van der Waals surface area contributed by atoms with Crippen LogP contribution in [-0.2, 0) is 6.54 Å². The molecule has 1 aliphatic rings. The van der Waals surface area contributed by atoms with Crippen molar-refractivity contribution in [2.24, 2.45) is 0 Å². The van der Waals surface area contributed by atoms with Gasteiger partial charge in [0, 0.05) is 30.7 Å². The number of rotatable bonds is 4. The molecule has 2 heterocycles. The largest absolute Gasteiger partial charge is 0.493 e. The van der Waals surface area contributed by atoms with Crippen molar-refractivity contribution in [1.29, 1.82) is 0 Å². The first-order valence-electron chi connectivity index (χ1n) is 9.31. The van der Waals surface area contributed by atoms with Crippen LogP contribution in [0.15, 0.2) is 60.8 Å². The maximum Gasteiger partial charge on any atom is 0.174 e. The fourth-order valence-corrected chi connectivity index (χ4v) is 4.02. The van der Waals surface area contributed by atoms with Crippen molar-refractivity contribution in [2.45, 2.75) is 12.6 Å². The summed E-state index contributed by atoms with van der Waals surface area (Å²) in [6, 6.07) is 16.2. The van der Waals surface area contributed by atoms with Crippen molar-refractivity contribution >= 4 is 23.0 Å². The van der Waals surface area contributed by atoms with E-state index in [2.05, 4.69) is 27.0 Å². The first-order chi connectivity index (χ1) is 14.1. The molecular formula is C22H22FN3O2S. The van der Waals surface area contributed by atoms with Gasteiger partial charge in [0.05, 0.1) is 20.3 Å². The topological polar surface area (TPSA) is 38.7 Å². The molecule has 1 atom stereocenters. The Kier molecular flexibility index (Phi) is 5.40. The van der Waals surface area contributed by atoms with Crippen LogP contribution in [0.25, 0.3) is 0 Å². The zero-order valence-electron chi connectivity index (χ0n) is 16.3. The lowest BCUT2D eigenvalue weighted by Crippen LogP contribution is -2.44. The van der Waals surface area contributed by atoms with Crippen molar-refractivity contribution in [2.75, 3.05) is 26.1 Å². The average molecular weight is 412 g/mol. The van der Waals surface area contributed by atoms with E-state index in [9.17, 15) is 4.39 Å². The number of thiocarbonyl (C=S) groups is 1. The third-order valence-electron chi connectivity index (χ3n) is 5.12. The molecule has 0 saturated heterocycles. The van der Waals surface area contributed by atoms with Crippen LogP contribution in [0.5, 0.6) is 11.5 Å². The molecule has 0 radical (unpaired) electrons. The summed E-state index contributed by atoms with van der Waals surface area (Å²) in [7, 11) is 3.25. The highest BCUT2D eigenvalue weighted by atomic mass is 32.1. The molecule has 0 aliphatic carbocycles. The molecular weight excluding hydrogens is 389 g/mol. The molecule has 0 bridgehead atoms. The monoisotopic (exact) mass is 411 g/mol. The van der Waals surface area contributed by atoms with Crippen molar-refractivity contribution in [1.82, 2.24) is 9.47 Å². The fraction of sp³-hybridized carbons (Fsp3) is 0.227. The van der Waals surface area contributed by atoms with E-state index in [-0.39, 0.29) is 11.9 Å². The number of hydrogen-bond acceptors (Lipinski definition) is 3. The SMILES string of the molecule is COc1ccc(C2c3cccn3CCN2C(=S)Nc2ccc(F)cc2)cc1OC. The smallest absolute Gasteiger partial charge is 0.174 e. The Morgan fingerprint density at radius 1 is 1.03 bits per heavy atom. The van der Waals surface area contributed by atoms with E-state index < -0.39 is 0 Å². The Labute approximate surface area is 174 Å². The Balaban J connectivity index is 1.69. The molecule has 4 rings (SSSR count). The Morgan fingerprint density at radius 3 is 2.52 bits per heavy atom. The molecule has 2 aromatic carbocycles. The number of hydrogen-bond donors (Lipinski definition) is 1. The van der Waals surface area contributed by atoms with Gasteiger partial charge in [0.2, 0.25) is 0 Å². The minimum absolute atomic E-state index is 0.0843. The summed E-state index contributed by atoms with van der Waals surface area (Å²) in [4.78, 5) is 2.15. The van der Waals surface area contributed by atoms with Gasteiger partial charge in [-0.2, -0.15) is 0 Å². The van der Waals surface area contributed by atoms with E-state index in [0.717, 1.165) is 30.0 Å². The quantitative estimate of drug-likeness (QED) is 0.643. The number of anilines is 1. The molecule has 1 unspecified atom stereocenters. The van der Waals surface area contributed by atoms with Gasteiger partial charge in [-0.3, -0.25) is 0 Å². The second kappa shape index (κ2) is 8.13. The summed E-state index contributed by atoms with van der Waals surface area (Å²) >= 11 is 5.73. The van der Waals surface area contributed by atoms with Gasteiger partial charge in [0.1, 0.15) is 5.82 Å². The van der Waals surface area contributed by atoms with Crippen molar-refractivity contribution in [3.63, 3.8) is 0 Å². The lowest BCUT2D eigenvalue weighted by molar-refractivity contribution is 0.291. The van der Waals surface area contributed by atoms with Crippen molar-refractivity contribution in [3.05, 3.63) is 77.9 Å². The maximum absolute atomic E-state index is 13.2. The number of fused-ring (bicyclic) bond motifs is 1. The number of methoxy groups -OCH3 is 2. The Hall–Kier alpha value is -3.06. The summed E-state index contributed by atoms with van der Waals surface area (Å²) in [5, 5.41) is 3.83. The number of ether oxygens (including phenoxy) is 2. The molecule has 29 heavy (non-hydrogen) atoms. The first-order valence-corrected chi connectivity index (χ1v) is 9.71. The van der Waals surface area contributed by atoms with Crippen LogP contribution >= 0.6 is 12.2 Å². The lowest BCUT2D eigenvalue weighted by Gasteiger charge is -2.39. The third kappa shape index (κ3) is 3.78. The molecule has 1 aromatic heterocycles. The van der Waals surface area contributed by atoms with Crippen molar-refractivity contribution in [3.8, 4) is 11.5 Å². The number of nitrogens with zero attached hydrogens (tertiary/aromatic N) is 2. The maximum atomic E-state index is 13.2. The molecule has 1 N–H and O–H groups in total. The van der Waals surface area contributed by atoms with Crippen LogP contribution in [0.4, 0.5) is 10.1 Å². The Bertz CT molecular complexity index is 1020. The van der Waals surface area contributed by atoms with E-state index >= 15 is 0 Å². The van der Waals surface area contributed by atoms with Gasteiger partial charge >= 0.3 is 0 Å². The van der Waals surface area contributed by atoms with Gasteiger partial charge in [0.15, 0.2) is 16.6 Å². The highest BCUT2D eigenvalue weighted by molar-refractivity contribution is 7.80. The molecule has 0 fully saturated rings. The van der Waals surface area contributed by atoms with E-state index in [0.29, 0.717) is 16.6 Å². The zero-order chi connectivity index (χ0) is 20.4. The van der Waals surface area contributed by atoms with E-state index in [1.165, 1.54) is 12.1 Å². The second-order valence-electron chi connectivity index (χ2n) is 6.77. The van der Waals surface area contributed by atoms with Crippen molar-refractivity contribution < 1.29 is 13.9 Å². The number of nitrogens with one attached hydrogen (secondary N) is 1. The van der Waals surface area contributed by atoms with Gasteiger partial charge < -0.3 is 24.3 Å². The van der Waals surface area contributed by atoms with E-state index in [4.69, 9.17) is 21.7 Å². The lowest BCUT2D eigenvalue weighted by atomic mass is 9.99. The highest BCUT2D eigenvalue weighted by Crippen LogP contribution is 2.37. The molecule has 7 heteroatoms. The predicted molar refractivity (Wildman–Crippen MR) is 115 cm³/mol. The van der Waals surface area contributed by atoms with Crippen LogP contribution in [-0.4, -0.2) is 35.3 Å². The molecule has 0 saturated carbocycles. The van der Waals surface area contributed by atoms with E-state index in [1.54, 1.807) is 26.4 Å². The number of aromatic nitrogens is 1. The fourth-order valence-electron chi connectivity index (χ4n) is 3.70. The van der Waals surface area contributed by atoms with Gasteiger partial charge in [-0.25, -0.2) is 4.39 Å². The van der Waals surface area contributed by atoms with E-state index in [1.807, 2.05) is 24.3 Å². The second-order valence-corrected chi connectivity index (χ2v) is 7.16. The van der Waals surface area contributed by atoms with Crippen LogP contribution in [0.1, 0.15) is 17.3 Å². The standard InChI is InChI=1S/C22H22FN3O2S/c1-27-19-10-5-15(14-20(19)28-2)21-18-4-3-11-25(18)12-13-26(21)22(29)24-17-8-6-16(23)7-9-17/h3-11,14,21H,12-13H2,1-2H3,(H,24,29). The zero-order valence-corrected chi connectivity index (χ0v) is 17.1.